The van der Waals surface area contributed by atoms with E-state index in [1.165, 1.54) is 48.0 Å². The minimum atomic E-state index is 0.663. The third kappa shape index (κ3) is 5.96. The fourth-order valence-electron chi connectivity index (χ4n) is 8.27. The zero-order chi connectivity index (χ0) is 38.6. The Hall–Kier alpha value is -7.21. The molecule has 274 valence electrons. The standard InChI is InChI=1S/C53H35N3OS/c1-33-26-28-38(40-21-12-22-42-41-20-10-11-25-47(41)57-49(40)42)32-45(33)39-19-9-8-18-37(39)30-34-27-29-48-46(31-34)43-23-13-24-44(50(43)58-48)53-55-51(35-14-4-2-5-15-35)54-52(56-53)36-16-6-3-7-17-36/h2-29,31-32H,30H2,1H3. The average Bonchev–Trinajstić information content (AvgIpc) is 3.86. The lowest BCUT2D eigenvalue weighted by atomic mass is 9.90. The van der Waals surface area contributed by atoms with Crippen molar-refractivity contribution in [1.29, 1.82) is 0 Å². The number of nitrogens with zero attached hydrogens (tertiary/aromatic N) is 3. The molecular formula is C53H35N3OS. The maximum absolute atomic E-state index is 6.45. The monoisotopic (exact) mass is 761 g/mol. The van der Waals surface area contributed by atoms with Crippen LogP contribution < -0.4 is 0 Å². The Morgan fingerprint density at radius 2 is 1.09 bits per heavy atom. The Bertz CT molecular complexity index is 3270. The molecule has 8 aromatic carbocycles. The molecule has 0 atom stereocenters. The first-order chi connectivity index (χ1) is 28.6. The van der Waals surface area contributed by atoms with Gasteiger partial charge >= 0.3 is 0 Å². The molecule has 0 amide bonds. The van der Waals surface area contributed by atoms with Crippen LogP contribution in [0.5, 0.6) is 0 Å². The summed E-state index contributed by atoms with van der Waals surface area (Å²) in [5, 5.41) is 4.73. The van der Waals surface area contributed by atoms with Crippen molar-refractivity contribution in [2.75, 3.05) is 0 Å². The number of hydrogen-bond acceptors (Lipinski definition) is 5. The Balaban J connectivity index is 0.977. The van der Waals surface area contributed by atoms with E-state index >= 15 is 0 Å². The summed E-state index contributed by atoms with van der Waals surface area (Å²) >= 11 is 1.80. The molecule has 0 aliphatic carbocycles. The lowest BCUT2D eigenvalue weighted by Crippen LogP contribution is -2.00. The van der Waals surface area contributed by atoms with Crippen LogP contribution in [-0.2, 0) is 6.42 Å². The molecule has 0 spiro atoms. The largest absolute Gasteiger partial charge is 0.455 e. The van der Waals surface area contributed by atoms with Crippen molar-refractivity contribution in [3.8, 4) is 56.4 Å². The summed E-state index contributed by atoms with van der Waals surface area (Å²) in [6.07, 6.45) is 0.806. The second-order valence-corrected chi connectivity index (χ2v) is 15.8. The predicted molar refractivity (Wildman–Crippen MR) is 241 cm³/mol. The molecule has 0 aliphatic heterocycles. The van der Waals surface area contributed by atoms with Gasteiger partial charge < -0.3 is 4.42 Å². The van der Waals surface area contributed by atoms with Crippen LogP contribution in [0.4, 0.5) is 0 Å². The number of fused-ring (bicyclic) bond motifs is 6. The molecule has 3 heterocycles. The summed E-state index contributed by atoms with van der Waals surface area (Å²) in [4.78, 5) is 15.1. The number of thiophene rings is 1. The molecule has 0 N–H and O–H groups in total. The minimum Gasteiger partial charge on any atom is -0.455 e. The van der Waals surface area contributed by atoms with Crippen molar-refractivity contribution >= 4 is 53.4 Å². The van der Waals surface area contributed by atoms with Crippen molar-refractivity contribution in [1.82, 2.24) is 15.0 Å². The molecule has 0 unspecified atom stereocenters. The molecule has 4 nitrogen and oxygen atoms in total. The minimum absolute atomic E-state index is 0.663. The summed E-state index contributed by atoms with van der Waals surface area (Å²) in [5.74, 6) is 2.00. The Kier molecular flexibility index (Phi) is 8.26. The van der Waals surface area contributed by atoms with E-state index in [9.17, 15) is 0 Å². The summed E-state index contributed by atoms with van der Waals surface area (Å²) in [6, 6.07) is 64.1. The Labute approximate surface area is 339 Å². The van der Waals surface area contributed by atoms with E-state index in [4.69, 9.17) is 19.4 Å². The smallest absolute Gasteiger partial charge is 0.165 e. The van der Waals surface area contributed by atoms with Crippen LogP contribution in [0.3, 0.4) is 0 Å². The fourth-order valence-corrected chi connectivity index (χ4v) is 9.46. The number of furan rings is 1. The Morgan fingerprint density at radius 1 is 0.448 bits per heavy atom. The molecule has 3 aromatic heterocycles. The van der Waals surface area contributed by atoms with Gasteiger partial charge in [0, 0.05) is 53.2 Å². The first-order valence-corrected chi connectivity index (χ1v) is 20.4. The molecule has 0 saturated heterocycles. The predicted octanol–water partition coefficient (Wildman–Crippen LogP) is 14.4. The van der Waals surface area contributed by atoms with Gasteiger partial charge in [-0.25, -0.2) is 15.0 Å². The van der Waals surface area contributed by atoms with Gasteiger partial charge in [0.15, 0.2) is 17.5 Å². The second kappa shape index (κ2) is 14.1. The highest BCUT2D eigenvalue weighted by Gasteiger charge is 2.18. The molecule has 0 fully saturated rings. The first-order valence-electron chi connectivity index (χ1n) is 19.6. The summed E-state index contributed by atoms with van der Waals surface area (Å²) < 4.78 is 8.86. The number of hydrogen-bond donors (Lipinski definition) is 0. The van der Waals surface area contributed by atoms with Crippen LogP contribution >= 0.6 is 11.3 Å². The van der Waals surface area contributed by atoms with E-state index in [0.29, 0.717) is 17.5 Å². The van der Waals surface area contributed by atoms with Gasteiger partial charge in [-0.05, 0) is 77.1 Å². The van der Waals surface area contributed by atoms with Gasteiger partial charge in [0.1, 0.15) is 11.2 Å². The molecule has 11 aromatic rings. The van der Waals surface area contributed by atoms with E-state index in [1.807, 2.05) is 48.5 Å². The van der Waals surface area contributed by atoms with E-state index in [1.54, 1.807) is 11.3 Å². The van der Waals surface area contributed by atoms with Gasteiger partial charge in [-0.1, -0.05) is 152 Å². The SMILES string of the molecule is Cc1ccc(-c2cccc3c2oc2ccccc23)cc1-c1ccccc1Cc1ccc2sc3c(-c4nc(-c5ccccc5)nc(-c5ccccc5)n4)cccc3c2c1. The highest BCUT2D eigenvalue weighted by molar-refractivity contribution is 7.26. The van der Waals surface area contributed by atoms with E-state index in [0.717, 1.165) is 56.2 Å². The highest BCUT2D eigenvalue weighted by atomic mass is 32.1. The third-order valence-corrected chi connectivity index (χ3v) is 12.4. The van der Waals surface area contributed by atoms with Gasteiger partial charge in [0.2, 0.25) is 0 Å². The lowest BCUT2D eigenvalue weighted by molar-refractivity contribution is 0.670. The normalized spacial score (nSPS) is 11.6. The van der Waals surface area contributed by atoms with E-state index < -0.39 is 0 Å². The van der Waals surface area contributed by atoms with Crippen LogP contribution in [0, 0.1) is 6.92 Å². The van der Waals surface area contributed by atoms with Crippen molar-refractivity contribution in [3.05, 3.63) is 199 Å². The molecule has 11 rings (SSSR count). The number of rotatable bonds is 7. The molecular weight excluding hydrogens is 727 g/mol. The van der Waals surface area contributed by atoms with E-state index in [2.05, 4.69) is 140 Å². The molecule has 5 heteroatoms. The first kappa shape index (κ1) is 34.1. The molecule has 0 bridgehead atoms. The topological polar surface area (TPSA) is 51.8 Å². The highest BCUT2D eigenvalue weighted by Crippen LogP contribution is 2.42. The summed E-state index contributed by atoms with van der Waals surface area (Å²) in [7, 11) is 0. The van der Waals surface area contributed by atoms with Gasteiger partial charge in [0.05, 0.1) is 0 Å². The van der Waals surface area contributed by atoms with Crippen molar-refractivity contribution in [3.63, 3.8) is 0 Å². The van der Waals surface area contributed by atoms with Gasteiger partial charge in [-0.15, -0.1) is 11.3 Å². The number of benzene rings is 8. The van der Waals surface area contributed by atoms with Crippen molar-refractivity contribution in [2.24, 2.45) is 0 Å². The van der Waals surface area contributed by atoms with Crippen LogP contribution in [0.15, 0.2) is 186 Å². The van der Waals surface area contributed by atoms with Crippen LogP contribution in [0.2, 0.25) is 0 Å². The quantitative estimate of drug-likeness (QED) is 0.162. The second-order valence-electron chi connectivity index (χ2n) is 14.8. The fraction of sp³-hybridized carbons (Fsp3) is 0.0377. The summed E-state index contributed by atoms with van der Waals surface area (Å²) in [6.45, 7) is 2.21. The number of aryl methyl sites for hydroxylation is 1. The van der Waals surface area contributed by atoms with Gasteiger partial charge in [-0.3, -0.25) is 0 Å². The molecule has 58 heavy (non-hydrogen) atoms. The zero-order valence-corrected chi connectivity index (χ0v) is 32.5. The average molecular weight is 762 g/mol. The van der Waals surface area contributed by atoms with Crippen LogP contribution in [0.25, 0.3) is 98.5 Å². The molecule has 0 saturated carbocycles. The Morgan fingerprint density at radius 3 is 1.88 bits per heavy atom. The van der Waals surface area contributed by atoms with Crippen molar-refractivity contribution in [2.45, 2.75) is 13.3 Å². The number of para-hydroxylation sites is 2. The van der Waals surface area contributed by atoms with Gasteiger partial charge in [-0.2, -0.15) is 0 Å². The number of aromatic nitrogens is 3. The maximum atomic E-state index is 6.45. The molecule has 0 aliphatic rings. The maximum Gasteiger partial charge on any atom is 0.165 e. The lowest BCUT2D eigenvalue weighted by Gasteiger charge is -2.14. The van der Waals surface area contributed by atoms with Gasteiger partial charge in [0.25, 0.3) is 0 Å². The van der Waals surface area contributed by atoms with E-state index in [-0.39, 0.29) is 0 Å². The van der Waals surface area contributed by atoms with Crippen LogP contribution in [-0.4, -0.2) is 15.0 Å². The van der Waals surface area contributed by atoms with Crippen LogP contribution in [0.1, 0.15) is 16.7 Å². The zero-order valence-electron chi connectivity index (χ0n) is 31.7. The molecule has 0 radical (unpaired) electrons. The third-order valence-electron chi connectivity index (χ3n) is 11.2. The van der Waals surface area contributed by atoms with Crippen molar-refractivity contribution < 1.29 is 4.42 Å². The summed E-state index contributed by atoms with van der Waals surface area (Å²) in [5.41, 5.74) is 13.3.